The molecule has 4 aliphatic rings. The summed E-state index contributed by atoms with van der Waals surface area (Å²) in [6.45, 7) is 0.747. The lowest BCUT2D eigenvalue weighted by molar-refractivity contribution is -0.137. The number of aromatic nitrogens is 1. The van der Waals surface area contributed by atoms with Crippen molar-refractivity contribution in [2.24, 2.45) is 5.92 Å². The van der Waals surface area contributed by atoms with Gasteiger partial charge in [0.25, 0.3) is 5.91 Å². The summed E-state index contributed by atoms with van der Waals surface area (Å²) in [6, 6.07) is 10.3. The number of thiazole rings is 1. The van der Waals surface area contributed by atoms with Crippen LogP contribution in [0, 0.1) is 5.92 Å². The molecule has 11 heteroatoms. The van der Waals surface area contributed by atoms with E-state index in [1.807, 2.05) is 0 Å². The maximum atomic E-state index is 13.4. The van der Waals surface area contributed by atoms with Gasteiger partial charge in [-0.15, -0.1) is 17.9 Å². The highest BCUT2D eigenvalue weighted by Gasteiger charge is 2.53. The van der Waals surface area contributed by atoms with Crippen molar-refractivity contribution in [3.8, 4) is 16.2 Å². The van der Waals surface area contributed by atoms with Crippen LogP contribution in [0.25, 0.3) is 16.2 Å². The van der Waals surface area contributed by atoms with Crippen LogP contribution in [0.4, 0.5) is 13.2 Å². The number of rotatable bonds is 5. The van der Waals surface area contributed by atoms with Gasteiger partial charge in [-0.05, 0) is 61.4 Å². The molecule has 3 heterocycles. The molecule has 2 aliphatic carbocycles. The van der Waals surface area contributed by atoms with Gasteiger partial charge in [-0.25, -0.2) is 9.78 Å². The zero-order valence-electron chi connectivity index (χ0n) is 21.4. The van der Waals surface area contributed by atoms with Crippen molar-refractivity contribution < 1.29 is 32.6 Å². The quantitative estimate of drug-likeness (QED) is 0.369. The van der Waals surface area contributed by atoms with Gasteiger partial charge in [-0.3, -0.25) is 4.79 Å². The van der Waals surface area contributed by atoms with E-state index in [4.69, 9.17) is 15.6 Å². The number of hydrogen-bond acceptors (Lipinski definition) is 5. The van der Waals surface area contributed by atoms with Crippen LogP contribution < -0.4 is 4.74 Å². The number of hydrogen-bond donors (Lipinski definition) is 1. The summed E-state index contributed by atoms with van der Waals surface area (Å²) < 4.78 is 44.8. The number of nitrogens with one attached hydrogen (secondary N) is 1. The number of carboxylic acids is 1. The molecule has 210 valence electrons. The van der Waals surface area contributed by atoms with E-state index in [1.54, 1.807) is 29.2 Å². The SMILES string of the molecule is O=C(O)c1cccc2c1CCO2.[NH-]C[C@@H]1C[C@@H]2C[C@@H]2N1C(=O)c1nc(C2CC2)sc1-c1cccc(C(F)(F)F)c1. The number of aromatic carboxylic acids is 1. The summed E-state index contributed by atoms with van der Waals surface area (Å²) in [5, 5.41) is 9.63. The maximum absolute atomic E-state index is 13.4. The van der Waals surface area contributed by atoms with Crippen molar-refractivity contribution in [3.63, 3.8) is 0 Å². The molecule has 3 atom stereocenters. The van der Waals surface area contributed by atoms with Gasteiger partial charge in [-0.1, -0.05) is 18.2 Å². The van der Waals surface area contributed by atoms with E-state index in [1.165, 1.54) is 17.4 Å². The zero-order chi connectivity index (χ0) is 28.2. The van der Waals surface area contributed by atoms with E-state index < -0.39 is 17.7 Å². The minimum Gasteiger partial charge on any atom is -0.676 e. The predicted octanol–water partition coefficient (Wildman–Crippen LogP) is 6.68. The molecule has 1 saturated heterocycles. The van der Waals surface area contributed by atoms with Crippen LogP contribution in [0.5, 0.6) is 5.75 Å². The van der Waals surface area contributed by atoms with Crippen LogP contribution in [0.15, 0.2) is 42.5 Å². The second kappa shape index (κ2) is 10.2. The number of halogens is 3. The third-order valence-corrected chi connectivity index (χ3v) is 9.15. The highest BCUT2D eigenvalue weighted by molar-refractivity contribution is 7.15. The average Bonchev–Trinajstić information content (AvgIpc) is 3.78. The summed E-state index contributed by atoms with van der Waals surface area (Å²) in [5.41, 5.74) is 8.87. The lowest BCUT2D eigenvalue weighted by Crippen LogP contribution is -2.40. The van der Waals surface area contributed by atoms with Crippen molar-refractivity contribution in [1.29, 1.82) is 0 Å². The van der Waals surface area contributed by atoms with E-state index in [0.29, 0.717) is 40.9 Å². The van der Waals surface area contributed by atoms with E-state index >= 15 is 0 Å². The van der Waals surface area contributed by atoms with Gasteiger partial charge in [0, 0.05) is 30.0 Å². The summed E-state index contributed by atoms with van der Waals surface area (Å²) >= 11 is 1.34. The van der Waals surface area contributed by atoms with Gasteiger partial charge in [0.1, 0.15) is 11.4 Å². The van der Waals surface area contributed by atoms with Crippen LogP contribution in [-0.2, 0) is 12.6 Å². The highest BCUT2D eigenvalue weighted by atomic mass is 32.1. The molecule has 2 aromatic carbocycles. The van der Waals surface area contributed by atoms with Crippen molar-refractivity contribution >= 4 is 23.2 Å². The number of nitrogens with zero attached hydrogens (tertiary/aromatic N) is 2. The van der Waals surface area contributed by atoms with Crippen LogP contribution in [0.2, 0.25) is 0 Å². The Hall–Kier alpha value is -3.44. The predicted molar refractivity (Wildman–Crippen MR) is 143 cm³/mol. The first kappa shape index (κ1) is 26.8. The molecule has 1 aromatic heterocycles. The Kier molecular flexibility index (Phi) is 6.82. The number of benzene rings is 2. The van der Waals surface area contributed by atoms with E-state index in [-0.39, 0.29) is 30.2 Å². The minimum absolute atomic E-state index is 0.114. The molecule has 40 heavy (non-hydrogen) atoms. The fourth-order valence-corrected chi connectivity index (χ4v) is 6.84. The number of carbonyl (C=O) groups is 2. The molecule has 7 nitrogen and oxygen atoms in total. The fraction of sp³-hybridized carbons (Fsp3) is 0.414. The lowest BCUT2D eigenvalue weighted by atomic mass is 10.1. The van der Waals surface area contributed by atoms with Gasteiger partial charge in [0.2, 0.25) is 0 Å². The number of carboxylic acid groups (broad SMARTS) is 1. The monoisotopic (exact) mass is 570 g/mol. The molecule has 0 bridgehead atoms. The topological polar surface area (TPSA) is 104 Å². The first-order chi connectivity index (χ1) is 19.2. The molecular formula is C29H27F3N3O4S-. The summed E-state index contributed by atoms with van der Waals surface area (Å²) in [6.07, 6.45) is 0.0908. The molecule has 2 saturated carbocycles. The van der Waals surface area contributed by atoms with Crippen LogP contribution >= 0.6 is 11.3 Å². The number of amides is 1. The Labute approximate surface area is 232 Å². The number of fused-ring (bicyclic) bond motifs is 2. The summed E-state index contributed by atoms with van der Waals surface area (Å²) in [5.74, 6) is 0.401. The first-order valence-electron chi connectivity index (χ1n) is 13.3. The zero-order valence-corrected chi connectivity index (χ0v) is 22.2. The highest BCUT2D eigenvalue weighted by Crippen LogP contribution is 2.50. The number of likely N-dealkylation sites (tertiary alicyclic amines) is 1. The maximum Gasteiger partial charge on any atom is 0.416 e. The first-order valence-corrected chi connectivity index (χ1v) is 14.1. The Balaban J connectivity index is 0.000000201. The Morgan fingerprint density at radius 2 is 1.93 bits per heavy atom. The van der Waals surface area contributed by atoms with Gasteiger partial charge >= 0.3 is 12.1 Å². The third-order valence-electron chi connectivity index (χ3n) is 7.88. The molecule has 3 aromatic rings. The molecule has 1 amide bonds. The number of alkyl halides is 3. The largest absolute Gasteiger partial charge is 0.676 e. The van der Waals surface area contributed by atoms with E-state index in [0.717, 1.165) is 54.1 Å². The minimum atomic E-state index is -4.43. The standard InChI is InChI=1S/C20H19F3N3OS.C9H8O3/c21-20(22,23)13-3-1-2-11(6-13)17-16(25-18(28-17)10-4-5-10)19(27)26-14(9-24)7-12-8-15(12)26;10-9(11)7-2-1-3-8-6(7)4-5-12-8/h1-3,6,10,12,14-15,24H,4-5,7-9H2;1-3H,4-5H2,(H,10,11)/q-1;/t12-,14+,15+;/m1./s1. The second-order valence-corrected chi connectivity index (χ2v) is 11.7. The Morgan fingerprint density at radius 3 is 2.62 bits per heavy atom. The summed E-state index contributed by atoms with van der Waals surface area (Å²) in [7, 11) is 0. The lowest BCUT2D eigenvalue weighted by Gasteiger charge is -2.29. The fourth-order valence-electron chi connectivity index (χ4n) is 5.62. The smallest absolute Gasteiger partial charge is 0.416 e. The number of piperidine rings is 1. The van der Waals surface area contributed by atoms with Crippen molar-refractivity contribution in [2.45, 2.75) is 56.3 Å². The van der Waals surface area contributed by atoms with Crippen molar-refractivity contribution in [3.05, 3.63) is 75.6 Å². The van der Waals surface area contributed by atoms with Crippen LogP contribution in [0.3, 0.4) is 0 Å². The van der Waals surface area contributed by atoms with Gasteiger partial charge in [-0.2, -0.15) is 13.2 Å². The number of carbonyl (C=O) groups excluding carboxylic acids is 1. The molecular weight excluding hydrogens is 543 g/mol. The molecule has 0 spiro atoms. The van der Waals surface area contributed by atoms with Crippen molar-refractivity contribution in [2.75, 3.05) is 13.2 Å². The number of ether oxygens (including phenoxy) is 1. The average molecular weight is 571 g/mol. The third kappa shape index (κ3) is 5.08. The molecule has 0 radical (unpaired) electrons. The summed E-state index contributed by atoms with van der Waals surface area (Å²) in [4.78, 5) is 30.9. The Morgan fingerprint density at radius 1 is 1.15 bits per heavy atom. The molecule has 2 N–H and O–H groups in total. The van der Waals surface area contributed by atoms with Gasteiger partial charge in [0.15, 0.2) is 0 Å². The molecule has 0 unspecified atom stereocenters. The van der Waals surface area contributed by atoms with E-state index in [9.17, 15) is 22.8 Å². The molecule has 2 aliphatic heterocycles. The second-order valence-electron chi connectivity index (χ2n) is 10.6. The molecule has 7 rings (SSSR count). The van der Waals surface area contributed by atoms with Crippen LogP contribution in [-0.4, -0.2) is 52.1 Å². The van der Waals surface area contributed by atoms with Crippen molar-refractivity contribution in [1.82, 2.24) is 9.88 Å². The van der Waals surface area contributed by atoms with Gasteiger partial charge < -0.3 is 20.5 Å². The van der Waals surface area contributed by atoms with Gasteiger partial charge in [0.05, 0.1) is 27.6 Å². The normalized spacial score (nSPS) is 22.6. The Bertz CT molecular complexity index is 1470. The molecule has 3 fully saturated rings. The van der Waals surface area contributed by atoms with E-state index in [2.05, 4.69) is 4.98 Å². The van der Waals surface area contributed by atoms with Crippen LogP contribution in [0.1, 0.15) is 68.6 Å².